The number of hydrogen-bond donors (Lipinski definition) is 1. The second-order valence-corrected chi connectivity index (χ2v) is 5.51. The van der Waals surface area contributed by atoms with Crippen LogP contribution in [0.4, 0.5) is 0 Å². The van der Waals surface area contributed by atoms with Crippen molar-refractivity contribution < 1.29 is 4.74 Å². The summed E-state index contributed by atoms with van der Waals surface area (Å²) in [4.78, 5) is 4.81. The van der Waals surface area contributed by atoms with E-state index >= 15 is 0 Å². The zero-order valence-electron chi connectivity index (χ0n) is 11.6. The summed E-state index contributed by atoms with van der Waals surface area (Å²) in [6, 6.07) is 6.39. The normalized spacial score (nSPS) is 23.7. The Balaban J connectivity index is 2.01. The lowest BCUT2D eigenvalue weighted by molar-refractivity contribution is 0.378. The first-order valence-electron chi connectivity index (χ1n) is 6.95. The number of benzene rings is 1. The van der Waals surface area contributed by atoms with Crippen molar-refractivity contribution >= 4 is 11.0 Å². The number of methoxy groups -OCH3 is 1. The van der Waals surface area contributed by atoms with Gasteiger partial charge in [-0.05, 0) is 31.4 Å². The van der Waals surface area contributed by atoms with Gasteiger partial charge in [-0.1, -0.05) is 6.42 Å². The van der Waals surface area contributed by atoms with Gasteiger partial charge in [0.25, 0.3) is 0 Å². The van der Waals surface area contributed by atoms with Crippen molar-refractivity contribution in [2.75, 3.05) is 7.11 Å². The highest BCUT2D eigenvalue weighted by atomic mass is 16.5. The lowest BCUT2D eigenvalue weighted by atomic mass is 9.85. The summed E-state index contributed by atoms with van der Waals surface area (Å²) >= 11 is 0. The van der Waals surface area contributed by atoms with E-state index in [0.717, 1.165) is 29.6 Å². The Morgan fingerprint density at radius 2 is 2.21 bits per heavy atom. The summed E-state index contributed by atoms with van der Waals surface area (Å²) in [5.74, 6) is 2.52. The van der Waals surface area contributed by atoms with Gasteiger partial charge in [0.15, 0.2) is 0 Å². The van der Waals surface area contributed by atoms with E-state index in [1.807, 2.05) is 12.1 Å². The van der Waals surface area contributed by atoms with Gasteiger partial charge in [-0.25, -0.2) is 4.98 Å². The Morgan fingerprint density at radius 3 is 2.95 bits per heavy atom. The number of nitrogens with two attached hydrogens (primary N) is 1. The molecule has 2 N–H and O–H groups in total. The third-order valence-corrected chi connectivity index (χ3v) is 4.20. The fourth-order valence-corrected chi connectivity index (χ4v) is 3.15. The Hall–Kier alpha value is -1.55. The molecule has 1 aromatic heterocycles. The van der Waals surface area contributed by atoms with Crippen LogP contribution < -0.4 is 10.5 Å². The maximum atomic E-state index is 6.10. The van der Waals surface area contributed by atoms with Crippen LogP contribution in [-0.2, 0) is 7.05 Å². The van der Waals surface area contributed by atoms with Crippen LogP contribution in [0.15, 0.2) is 18.2 Å². The minimum atomic E-state index is 0.327. The molecule has 0 saturated heterocycles. The van der Waals surface area contributed by atoms with Crippen molar-refractivity contribution in [3.05, 3.63) is 24.0 Å². The van der Waals surface area contributed by atoms with Crippen LogP contribution in [0.5, 0.6) is 5.75 Å². The van der Waals surface area contributed by atoms with Crippen LogP contribution in [0.3, 0.4) is 0 Å². The van der Waals surface area contributed by atoms with Crippen LogP contribution in [0.2, 0.25) is 0 Å². The van der Waals surface area contributed by atoms with Crippen molar-refractivity contribution in [2.45, 2.75) is 37.6 Å². The van der Waals surface area contributed by atoms with Crippen LogP contribution in [0, 0.1) is 0 Å². The maximum absolute atomic E-state index is 6.10. The summed E-state index contributed by atoms with van der Waals surface area (Å²) in [7, 11) is 3.78. The summed E-state index contributed by atoms with van der Waals surface area (Å²) in [5.41, 5.74) is 8.27. The zero-order chi connectivity index (χ0) is 13.4. The van der Waals surface area contributed by atoms with Crippen LogP contribution in [0.1, 0.15) is 37.4 Å². The molecule has 1 aliphatic carbocycles. The zero-order valence-corrected chi connectivity index (χ0v) is 11.6. The predicted molar refractivity (Wildman–Crippen MR) is 76.5 cm³/mol. The molecule has 1 fully saturated rings. The molecule has 1 heterocycles. The number of fused-ring (bicyclic) bond motifs is 1. The molecule has 0 amide bonds. The van der Waals surface area contributed by atoms with E-state index in [0.29, 0.717) is 12.0 Å². The Kier molecular flexibility index (Phi) is 3.19. The van der Waals surface area contributed by atoms with Gasteiger partial charge in [-0.2, -0.15) is 0 Å². The van der Waals surface area contributed by atoms with E-state index in [-0.39, 0.29) is 0 Å². The van der Waals surface area contributed by atoms with E-state index in [1.165, 1.54) is 18.7 Å². The fraction of sp³-hybridized carbons (Fsp3) is 0.533. The Morgan fingerprint density at radius 1 is 1.37 bits per heavy atom. The van der Waals surface area contributed by atoms with Crippen LogP contribution >= 0.6 is 0 Å². The molecule has 2 unspecified atom stereocenters. The van der Waals surface area contributed by atoms with E-state index in [9.17, 15) is 0 Å². The van der Waals surface area contributed by atoms with Gasteiger partial charge in [-0.15, -0.1) is 0 Å². The molecule has 19 heavy (non-hydrogen) atoms. The Labute approximate surface area is 113 Å². The van der Waals surface area contributed by atoms with Gasteiger partial charge < -0.3 is 15.0 Å². The van der Waals surface area contributed by atoms with Crippen molar-refractivity contribution in [2.24, 2.45) is 12.8 Å². The van der Waals surface area contributed by atoms with Crippen LogP contribution in [0.25, 0.3) is 11.0 Å². The minimum Gasteiger partial charge on any atom is -0.497 e. The molecular formula is C15H21N3O. The van der Waals surface area contributed by atoms with Crippen LogP contribution in [-0.4, -0.2) is 22.7 Å². The lowest BCUT2D eigenvalue weighted by Gasteiger charge is -2.26. The highest BCUT2D eigenvalue weighted by Gasteiger charge is 2.24. The summed E-state index contributed by atoms with van der Waals surface area (Å²) in [6.07, 6.45) is 4.60. The SMILES string of the molecule is COc1ccc2c(c1)nc(C1CCCC(N)C1)n2C. The molecule has 2 atom stereocenters. The monoisotopic (exact) mass is 259 g/mol. The van der Waals surface area contributed by atoms with Gasteiger partial charge in [0.1, 0.15) is 11.6 Å². The number of aromatic nitrogens is 2. The van der Waals surface area contributed by atoms with Crippen molar-refractivity contribution in [1.82, 2.24) is 9.55 Å². The molecule has 3 rings (SSSR count). The first kappa shape index (κ1) is 12.5. The second kappa shape index (κ2) is 4.85. The molecule has 0 radical (unpaired) electrons. The summed E-state index contributed by atoms with van der Waals surface area (Å²) in [5, 5.41) is 0. The number of aryl methyl sites for hydroxylation is 1. The number of hydrogen-bond acceptors (Lipinski definition) is 3. The average molecular weight is 259 g/mol. The van der Waals surface area contributed by atoms with E-state index < -0.39 is 0 Å². The van der Waals surface area contributed by atoms with Gasteiger partial charge in [-0.3, -0.25) is 0 Å². The van der Waals surface area contributed by atoms with Gasteiger partial charge in [0, 0.05) is 25.1 Å². The van der Waals surface area contributed by atoms with E-state index in [4.69, 9.17) is 15.5 Å². The molecule has 102 valence electrons. The third-order valence-electron chi connectivity index (χ3n) is 4.20. The third kappa shape index (κ3) is 2.21. The van der Waals surface area contributed by atoms with E-state index in [2.05, 4.69) is 17.7 Å². The van der Waals surface area contributed by atoms with Gasteiger partial charge >= 0.3 is 0 Å². The largest absolute Gasteiger partial charge is 0.497 e. The maximum Gasteiger partial charge on any atom is 0.121 e. The van der Waals surface area contributed by atoms with E-state index in [1.54, 1.807) is 7.11 Å². The number of ether oxygens (including phenoxy) is 1. The fourth-order valence-electron chi connectivity index (χ4n) is 3.15. The number of rotatable bonds is 2. The molecule has 0 spiro atoms. The first-order valence-corrected chi connectivity index (χ1v) is 6.95. The molecular weight excluding hydrogens is 238 g/mol. The molecule has 1 aliphatic rings. The number of imidazole rings is 1. The molecule has 0 bridgehead atoms. The molecule has 0 aliphatic heterocycles. The minimum absolute atomic E-state index is 0.327. The molecule has 2 aromatic rings. The quantitative estimate of drug-likeness (QED) is 0.901. The van der Waals surface area contributed by atoms with Crippen molar-refractivity contribution in [3.8, 4) is 5.75 Å². The summed E-state index contributed by atoms with van der Waals surface area (Å²) in [6.45, 7) is 0. The molecule has 1 aromatic carbocycles. The molecule has 4 nitrogen and oxygen atoms in total. The Bertz CT molecular complexity index is 590. The topological polar surface area (TPSA) is 53.1 Å². The lowest BCUT2D eigenvalue weighted by Crippen LogP contribution is -2.27. The van der Waals surface area contributed by atoms with Crippen molar-refractivity contribution in [1.29, 1.82) is 0 Å². The smallest absolute Gasteiger partial charge is 0.121 e. The second-order valence-electron chi connectivity index (χ2n) is 5.51. The highest BCUT2D eigenvalue weighted by molar-refractivity contribution is 5.77. The summed E-state index contributed by atoms with van der Waals surface area (Å²) < 4.78 is 7.47. The number of nitrogens with zero attached hydrogens (tertiary/aromatic N) is 2. The van der Waals surface area contributed by atoms with Crippen molar-refractivity contribution in [3.63, 3.8) is 0 Å². The highest BCUT2D eigenvalue weighted by Crippen LogP contribution is 2.33. The standard InChI is InChI=1S/C15H21N3O/c1-18-14-7-6-12(19-2)9-13(14)17-15(18)10-4-3-5-11(16)8-10/h6-7,9-11H,3-5,8,16H2,1-2H3. The van der Waals surface area contributed by atoms with Gasteiger partial charge in [0.2, 0.25) is 0 Å². The average Bonchev–Trinajstić information content (AvgIpc) is 2.75. The molecule has 4 heteroatoms. The predicted octanol–water partition coefficient (Wildman–Crippen LogP) is 2.57. The molecule has 1 saturated carbocycles. The first-order chi connectivity index (χ1) is 9.19. The van der Waals surface area contributed by atoms with Gasteiger partial charge in [0.05, 0.1) is 18.1 Å².